The molecular formula is C29H44N4O5. The van der Waals surface area contributed by atoms with E-state index < -0.39 is 48.1 Å². The Bertz CT molecular complexity index is 997. The van der Waals surface area contributed by atoms with E-state index in [4.69, 9.17) is 10.5 Å². The molecule has 38 heavy (non-hydrogen) atoms. The maximum absolute atomic E-state index is 14.1. The van der Waals surface area contributed by atoms with Gasteiger partial charge in [-0.1, -0.05) is 57.0 Å². The molecule has 1 aromatic rings. The number of nitrogens with two attached hydrogens (primary N) is 1. The van der Waals surface area contributed by atoms with Gasteiger partial charge in [0.1, 0.15) is 17.7 Å². The molecule has 3 atom stereocenters. The van der Waals surface area contributed by atoms with E-state index in [0.717, 1.165) is 37.7 Å². The summed E-state index contributed by atoms with van der Waals surface area (Å²) in [6.45, 7) is 12.7. The van der Waals surface area contributed by atoms with Gasteiger partial charge in [0.2, 0.25) is 17.7 Å². The lowest BCUT2D eigenvalue weighted by atomic mass is 9.93. The summed E-state index contributed by atoms with van der Waals surface area (Å²) < 4.78 is 5.33. The molecule has 9 heteroatoms. The molecule has 210 valence electrons. The predicted molar refractivity (Wildman–Crippen MR) is 148 cm³/mol. The van der Waals surface area contributed by atoms with Crippen molar-refractivity contribution in [2.24, 2.45) is 5.73 Å². The van der Waals surface area contributed by atoms with E-state index in [9.17, 15) is 19.2 Å². The summed E-state index contributed by atoms with van der Waals surface area (Å²) in [5, 5.41) is 5.67. The van der Waals surface area contributed by atoms with Crippen molar-refractivity contribution in [2.45, 2.75) is 109 Å². The topological polar surface area (TPSA) is 131 Å². The second-order valence-corrected chi connectivity index (χ2v) is 11.0. The highest BCUT2D eigenvalue weighted by Gasteiger charge is 2.39. The zero-order chi connectivity index (χ0) is 28.5. The molecule has 0 radical (unpaired) electrons. The van der Waals surface area contributed by atoms with Crippen molar-refractivity contribution in [2.75, 3.05) is 0 Å². The van der Waals surface area contributed by atoms with Crippen molar-refractivity contribution in [1.29, 1.82) is 0 Å². The van der Waals surface area contributed by atoms with Gasteiger partial charge in [0.25, 0.3) is 0 Å². The number of nitrogens with zero attached hydrogens (tertiary/aromatic N) is 1. The Morgan fingerprint density at radius 3 is 2.39 bits per heavy atom. The summed E-state index contributed by atoms with van der Waals surface area (Å²) in [6.07, 6.45) is 5.91. The number of primary amides is 1. The van der Waals surface area contributed by atoms with Gasteiger partial charge in [0, 0.05) is 12.1 Å². The number of nitrogens with one attached hydrogen (secondary N) is 2. The van der Waals surface area contributed by atoms with Crippen LogP contribution >= 0.6 is 0 Å². The summed E-state index contributed by atoms with van der Waals surface area (Å²) in [6, 6.07) is 4.63. The fraction of sp³-hybridized carbons (Fsp3) is 0.586. The van der Waals surface area contributed by atoms with Gasteiger partial charge in [-0.05, 0) is 64.2 Å². The molecule has 1 fully saturated rings. The first-order valence-electron chi connectivity index (χ1n) is 13.5. The van der Waals surface area contributed by atoms with Gasteiger partial charge in [-0.15, -0.1) is 0 Å². The third-order valence-corrected chi connectivity index (χ3v) is 6.65. The quantitative estimate of drug-likeness (QED) is 0.396. The second kappa shape index (κ2) is 14.0. The highest BCUT2D eigenvalue weighted by Crippen LogP contribution is 2.29. The predicted octanol–water partition coefficient (Wildman–Crippen LogP) is 4.22. The number of rotatable bonds is 11. The molecule has 4 N–H and O–H groups in total. The Balaban J connectivity index is 2.53. The fourth-order valence-corrected chi connectivity index (χ4v) is 4.65. The van der Waals surface area contributed by atoms with Crippen LogP contribution in [0.2, 0.25) is 0 Å². The molecular weight excluding hydrogens is 484 g/mol. The van der Waals surface area contributed by atoms with Crippen LogP contribution in [0.3, 0.4) is 0 Å². The maximum Gasteiger partial charge on any atom is 0.408 e. The van der Waals surface area contributed by atoms with Crippen molar-refractivity contribution in [3.05, 3.63) is 42.0 Å². The van der Waals surface area contributed by atoms with Crippen molar-refractivity contribution in [3.8, 4) is 0 Å². The minimum Gasteiger partial charge on any atom is -0.444 e. The second-order valence-electron chi connectivity index (χ2n) is 11.0. The van der Waals surface area contributed by atoms with Crippen LogP contribution in [0.15, 0.2) is 30.8 Å². The molecule has 0 heterocycles. The smallest absolute Gasteiger partial charge is 0.408 e. The Labute approximate surface area is 226 Å². The summed E-state index contributed by atoms with van der Waals surface area (Å²) in [4.78, 5) is 54.0. The molecule has 0 bridgehead atoms. The van der Waals surface area contributed by atoms with Crippen LogP contribution in [0.25, 0.3) is 6.08 Å². The van der Waals surface area contributed by atoms with Crippen molar-refractivity contribution < 1.29 is 23.9 Å². The zero-order valence-electron chi connectivity index (χ0n) is 23.4. The first-order chi connectivity index (χ1) is 17.9. The van der Waals surface area contributed by atoms with Gasteiger partial charge in [0.15, 0.2) is 0 Å². The van der Waals surface area contributed by atoms with Crippen LogP contribution in [0, 0.1) is 0 Å². The molecule has 1 aliphatic carbocycles. The van der Waals surface area contributed by atoms with E-state index in [1.165, 1.54) is 4.90 Å². The average molecular weight is 529 g/mol. The van der Waals surface area contributed by atoms with Gasteiger partial charge >= 0.3 is 6.09 Å². The van der Waals surface area contributed by atoms with Crippen LogP contribution in [-0.2, 0) is 19.1 Å². The number of hydrogen-bond donors (Lipinski definition) is 3. The normalized spacial score (nSPS) is 16.4. The van der Waals surface area contributed by atoms with E-state index in [0.29, 0.717) is 12.0 Å². The number of carbonyl (C=O) groups excluding carboxylic acids is 4. The molecule has 1 saturated carbocycles. The van der Waals surface area contributed by atoms with Gasteiger partial charge in [0.05, 0.1) is 6.42 Å². The fourth-order valence-electron chi connectivity index (χ4n) is 4.65. The van der Waals surface area contributed by atoms with Crippen LogP contribution in [0.1, 0.15) is 96.7 Å². The van der Waals surface area contributed by atoms with E-state index in [2.05, 4.69) is 17.2 Å². The molecule has 0 aliphatic heterocycles. The largest absolute Gasteiger partial charge is 0.444 e. The van der Waals surface area contributed by atoms with Crippen molar-refractivity contribution in [1.82, 2.24) is 15.5 Å². The Morgan fingerprint density at radius 2 is 1.84 bits per heavy atom. The molecule has 4 amide bonds. The number of carbonyl (C=O) groups is 4. The lowest BCUT2D eigenvalue weighted by Gasteiger charge is -2.39. The first kappa shape index (κ1) is 30.9. The van der Waals surface area contributed by atoms with Gasteiger partial charge in [-0.3, -0.25) is 14.4 Å². The number of hydrogen-bond acceptors (Lipinski definition) is 5. The van der Waals surface area contributed by atoms with Gasteiger partial charge < -0.3 is 26.0 Å². The molecule has 1 aromatic carbocycles. The minimum absolute atomic E-state index is 0.0246. The average Bonchev–Trinajstić information content (AvgIpc) is 2.85. The Hall–Kier alpha value is -3.36. The first-order valence-corrected chi connectivity index (χ1v) is 13.5. The number of benzene rings is 1. The third-order valence-electron chi connectivity index (χ3n) is 6.65. The van der Waals surface area contributed by atoms with Crippen LogP contribution in [0.4, 0.5) is 4.79 Å². The standard InChI is InChI=1S/C29H44N4O5/c1-7-19(3)33(27(36)23(18-24(30)34)32-28(37)38-29(4,5)6)25(21-14-12-13-20(8-2)17-21)26(35)31-22-15-10-9-11-16-22/h8,12-14,17,19,22-23,25H,2,7,9-11,15-16,18H2,1,3-6H3,(H2,30,34)(H,31,35)(H,32,37). The van der Waals surface area contributed by atoms with E-state index in [-0.39, 0.29) is 11.9 Å². The molecule has 9 nitrogen and oxygen atoms in total. The summed E-state index contributed by atoms with van der Waals surface area (Å²) in [7, 11) is 0. The molecule has 0 saturated heterocycles. The minimum atomic E-state index is -1.30. The SMILES string of the molecule is C=Cc1cccc(C(C(=O)NC2CCCCC2)N(C(=O)C(CC(N)=O)NC(=O)OC(C)(C)C)C(C)CC)c1. The summed E-state index contributed by atoms with van der Waals surface area (Å²) in [5.74, 6) is -1.65. The number of amides is 4. The highest BCUT2D eigenvalue weighted by molar-refractivity contribution is 5.94. The molecule has 2 rings (SSSR count). The van der Waals surface area contributed by atoms with Crippen LogP contribution < -0.4 is 16.4 Å². The lowest BCUT2D eigenvalue weighted by molar-refractivity contribution is -0.146. The monoisotopic (exact) mass is 528 g/mol. The van der Waals surface area contributed by atoms with Crippen LogP contribution in [-0.4, -0.2) is 52.4 Å². The summed E-state index contributed by atoms with van der Waals surface area (Å²) >= 11 is 0. The van der Waals surface area contributed by atoms with Crippen molar-refractivity contribution >= 4 is 29.9 Å². The van der Waals surface area contributed by atoms with E-state index >= 15 is 0 Å². The lowest BCUT2D eigenvalue weighted by Crippen LogP contribution is -2.57. The molecule has 0 spiro atoms. The molecule has 1 aliphatic rings. The molecule has 0 aromatic heterocycles. The maximum atomic E-state index is 14.1. The Kier molecular flexibility index (Phi) is 11.4. The van der Waals surface area contributed by atoms with Crippen molar-refractivity contribution in [3.63, 3.8) is 0 Å². The van der Waals surface area contributed by atoms with Gasteiger partial charge in [-0.2, -0.15) is 0 Å². The molecule has 3 unspecified atom stereocenters. The van der Waals surface area contributed by atoms with Gasteiger partial charge in [-0.25, -0.2) is 4.79 Å². The third kappa shape index (κ3) is 9.19. The highest BCUT2D eigenvalue weighted by atomic mass is 16.6. The summed E-state index contributed by atoms with van der Waals surface area (Å²) in [5.41, 5.74) is 6.06. The van der Waals surface area contributed by atoms with Crippen LogP contribution in [0.5, 0.6) is 0 Å². The zero-order valence-corrected chi connectivity index (χ0v) is 23.4. The number of alkyl carbamates (subject to hydrolysis) is 1. The number of ether oxygens (including phenoxy) is 1. The Morgan fingerprint density at radius 1 is 1.18 bits per heavy atom. The van der Waals surface area contributed by atoms with E-state index in [1.54, 1.807) is 32.9 Å². The van der Waals surface area contributed by atoms with E-state index in [1.807, 2.05) is 32.0 Å².